The summed E-state index contributed by atoms with van der Waals surface area (Å²) in [6.45, 7) is 2.04. The summed E-state index contributed by atoms with van der Waals surface area (Å²) in [6, 6.07) is 13.0. The number of para-hydroxylation sites is 1. The molecule has 1 aromatic heterocycles. The van der Waals surface area contributed by atoms with E-state index in [1.807, 2.05) is 19.1 Å². The molecule has 1 heterocycles. The number of anilines is 1. The number of ether oxygens (including phenoxy) is 1. The van der Waals surface area contributed by atoms with Crippen molar-refractivity contribution in [2.24, 2.45) is 0 Å². The third kappa shape index (κ3) is 4.62. The Labute approximate surface area is 181 Å². The van der Waals surface area contributed by atoms with Gasteiger partial charge in [-0.2, -0.15) is 0 Å². The van der Waals surface area contributed by atoms with E-state index < -0.39 is 10.0 Å². The number of methoxy groups -OCH3 is 1. The third-order valence-electron chi connectivity index (χ3n) is 5.00. The van der Waals surface area contributed by atoms with Gasteiger partial charge in [-0.05, 0) is 42.8 Å². The number of carbonyl (C=O) groups is 1. The normalized spacial score (nSPS) is 11.6. The summed E-state index contributed by atoms with van der Waals surface area (Å²) in [7, 11) is 0.917. The second-order valence-corrected chi connectivity index (χ2v) is 9.44. The lowest BCUT2D eigenvalue weighted by Crippen LogP contribution is -2.24. The second-order valence-electron chi connectivity index (χ2n) is 7.28. The number of benzene rings is 2. The van der Waals surface area contributed by atoms with E-state index in [1.54, 1.807) is 19.2 Å². The first-order valence-corrected chi connectivity index (χ1v) is 11.1. The Morgan fingerprint density at radius 3 is 2.42 bits per heavy atom. The minimum absolute atomic E-state index is 0.0634. The fourth-order valence-electron chi connectivity index (χ4n) is 3.31. The first-order valence-electron chi connectivity index (χ1n) is 9.64. The summed E-state index contributed by atoms with van der Waals surface area (Å²) in [5, 5.41) is 3.62. The summed E-state index contributed by atoms with van der Waals surface area (Å²) in [4.78, 5) is 25.2. The fourth-order valence-corrected chi connectivity index (χ4v) is 4.22. The Bertz CT molecular complexity index is 1280. The molecule has 2 aromatic carbocycles. The molecule has 0 aliphatic carbocycles. The molecule has 0 atom stereocenters. The first-order chi connectivity index (χ1) is 14.6. The van der Waals surface area contributed by atoms with Crippen LogP contribution in [0.15, 0.2) is 58.2 Å². The van der Waals surface area contributed by atoms with Crippen LogP contribution in [0, 0.1) is 6.92 Å². The van der Waals surface area contributed by atoms with Gasteiger partial charge in [-0.3, -0.25) is 9.59 Å². The van der Waals surface area contributed by atoms with Crippen LogP contribution in [-0.4, -0.2) is 44.4 Å². The quantitative estimate of drug-likeness (QED) is 0.605. The number of hydrogen-bond donors (Lipinski definition) is 1. The predicted molar refractivity (Wildman–Crippen MR) is 120 cm³/mol. The molecule has 0 spiro atoms. The lowest BCUT2D eigenvalue weighted by Gasteiger charge is -2.15. The smallest absolute Gasteiger partial charge is 0.251 e. The number of pyridine rings is 1. The molecule has 31 heavy (non-hydrogen) atoms. The maximum Gasteiger partial charge on any atom is 0.251 e. The number of aryl methyl sites for hydroxylation is 2. The number of fused-ring (bicyclic) bond motifs is 1. The Morgan fingerprint density at radius 1 is 1.13 bits per heavy atom. The fraction of sp³-hybridized carbons (Fsp3) is 0.273. The summed E-state index contributed by atoms with van der Waals surface area (Å²) in [5.41, 5.74) is 1.76. The zero-order valence-electron chi connectivity index (χ0n) is 17.9. The molecule has 0 saturated heterocycles. The highest BCUT2D eigenvalue weighted by Gasteiger charge is 2.17. The van der Waals surface area contributed by atoms with E-state index in [0.29, 0.717) is 17.0 Å². The van der Waals surface area contributed by atoms with Gasteiger partial charge in [-0.25, -0.2) is 12.7 Å². The monoisotopic (exact) mass is 443 g/mol. The molecule has 0 radical (unpaired) electrons. The highest BCUT2D eigenvalue weighted by atomic mass is 32.2. The van der Waals surface area contributed by atoms with Crippen molar-refractivity contribution < 1.29 is 17.9 Å². The number of carbonyl (C=O) groups excluding carboxylic acids is 1. The average Bonchev–Trinajstić information content (AvgIpc) is 2.73. The van der Waals surface area contributed by atoms with Gasteiger partial charge in [-0.15, -0.1) is 0 Å². The minimum atomic E-state index is -3.53. The molecule has 0 fully saturated rings. The molecule has 164 valence electrons. The highest BCUT2D eigenvalue weighted by molar-refractivity contribution is 7.89. The van der Waals surface area contributed by atoms with E-state index in [0.717, 1.165) is 15.3 Å². The van der Waals surface area contributed by atoms with E-state index in [1.165, 1.54) is 42.9 Å². The van der Waals surface area contributed by atoms with Crippen molar-refractivity contribution >= 4 is 32.5 Å². The van der Waals surface area contributed by atoms with Gasteiger partial charge < -0.3 is 14.6 Å². The Morgan fingerprint density at radius 2 is 1.81 bits per heavy atom. The maximum absolute atomic E-state index is 12.6. The number of nitrogens with one attached hydrogen (secondary N) is 1. The van der Waals surface area contributed by atoms with Crippen molar-refractivity contribution in [1.82, 2.24) is 8.87 Å². The Hall–Kier alpha value is -3.17. The van der Waals surface area contributed by atoms with Crippen molar-refractivity contribution in [3.8, 4) is 5.75 Å². The lowest BCUT2D eigenvalue weighted by atomic mass is 10.1. The van der Waals surface area contributed by atoms with Crippen molar-refractivity contribution in [3.05, 3.63) is 64.4 Å². The minimum Gasteiger partial charge on any atom is -0.495 e. The standard InChI is InChI=1S/C22H25N3O5S/c1-15-14-21(27)25(22-18(15)6-5-7-19(22)30-4)13-12-20(26)23-16-8-10-17(11-9-16)31(28,29)24(2)3/h5-11,14H,12-13H2,1-4H3,(H,23,26). The van der Waals surface area contributed by atoms with Crippen LogP contribution in [0.4, 0.5) is 5.69 Å². The van der Waals surface area contributed by atoms with E-state index in [4.69, 9.17) is 4.74 Å². The largest absolute Gasteiger partial charge is 0.495 e. The topological polar surface area (TPSA) is 97.7 Å². The summed E-state index contributed by atoms with van der Waals surface area (Å²) in [5.74, 6) is 0.273. The van der Waals surface area contributed by atoms with Crippen LogP contribution >= 0.6 is 0 Å². The van der Waals surface area contributed by atoms with Crippen molar-refractivity contribution in [2.75, 3.05) is 26.5 Å². The average molecular weight is 444 g/mol. The van der Waals surface area contributed by atoms with Crippen LogP contribution in [0.5, 0.6) is 5.75 Å². The van der Waals surface area contributed by atoms with Crippen LogP contribution in [0.1, 0.15) is 12.0 Å². The molecular formula is C22H25N3O5S. The lowest BCUT2D eigenvalue weighted by molar-refractivity contribution is -0.116. The first kappa shape index (κ1) is 22.5. The molecule has 8 nitrogen and oxygen atoms in total. The van der Waals surface area contributed by atoms with Crippen LogP contribution in [0.2, 0.25) is 0 Å². The van der Waals surface area contributed by atoms with Gasteiger partial charge in [-0.1, -0.05) is 12.1 Å². The molecule has 3 rings (SSSR count). The highest BCUT2D eigenvalue weighted by Crippen LogP contribution is 2.26. The van der Waals surface area contributed by atoms with Gasteiger partial charge in [0.2, 0.25) is 15.9 Å². The van der Waals surface area contributed by atoms with Crippen LogP contribution in [0.25, 0.3) is 10.9 Å². The molecule has 0 unspecified atom stereocenters. The van der Waals surface area contributed by atoms with Crippen LogP contribution < -0.4 is 15.6 Å². The molecule has 1 amide bonds. The van der Waals surface area contributed by atoms with Gasteiger partial charge in [0.05, 0.1) is 17.5 Å². The zero-order chi connectivity index (χ0) is 22.8. The van der Waals surface area contributed by atoms with E-state index in [9.17, 15) is 18.0 Å². The van der Waals surface area contributed by atoms with Gasteiger partial charge in [0, 0.05) is 44.2 Å². The van der Waals surface area contributed by atoms with Crippen molar-refractivity contribution in [3.63, 3.8) is 0 Å². The molecule has 0 bridgehead atoms. The molecular weight excluding hydrogens is 418 g/mol. The van der Waals surface area contributed by atoms with Crippen molar-refractivity contribution in [1.29, 1.82) is 0 Å². The van der Waals surface area contributed by atoms with Crippen LogP contribution in [0.3, 0.4) is 0 Å². The van der Waals surface area contributed by atoms with E-state index in [2.05, 4.69) is 5.32 Å². The van der Waals surface area contributed by atoms with Gasteiger partial charge in [0.1, 0.15) is 5.75 Å². The molecule has 0 saturated carbocycles. The number of aromatic nitrogens is 1. The molecule has 1 N–H and O–H groups in total. The molecule has 3 aromatic rings. The van der Waals surface area contributed by atoms with Gasteiger partial charge in [0.15, 0.2) is 0 Å². The number of sulfonamides is 1. The summed E-state index contributed by atoms with van der Waals surface area (Å²) >= 11 is 0. The second kappa shape index (κ2) is 8.91. The summed E-state index contributed by atoms with van der Waals surface area (Å²) < 4.78 is 32.4. The number of nitrogens with zero attached hydrogens (tertiary/aromatic N) is 2. The predicted octanol–water partition coefficient (Wildman–Crippen LogP) is 2.60. The SMILES string of the molecule is COc1cccc2c(C)cc(=O)n(CCC(=O)Nc3ccc(S(=O)(=O)N(C)C)cc3)c12. The maximum atomic E-state index is 12.6. The number of hydrogen-bond acceptors (Lipinski definition) is 5. The molecule has 9 heteroatoms. The molecule has 0 aliphatic heterocycles. The zero-order valence-corrected chi connectivity index (χ0v) is 18.7. The van der Waals surface area contributed by atoms with Crippen LogP contribution in [-0.2, 0) is 21.4 Å². The number of amides is 1. The van der Waals surface area contributed by atoms with Gasteiger partial charge >= 0.3 is 0 Å². The van der Waals surface area contributed by atoms with Gasteiger partial charge in [0.25, 0.3) is 5.56 Å². The van der Waals surface area contributed by atoms with Crippen molar-refractivity contribution in [2.45, 2.75) is 24.8 Å². The Balaban J connectivity index is 1.78. The summed E-state index contributed by atoms with van der Waals surface area (Å²) in [6.07, 6.45) is 0.0634. The number of rotatable bonds is 7. The third-order valence-corrected chi connectivity index (χ3v) is 6.83. The molecule has 0 aliphatic rings. The van der Waals surface area contributed by atoms with E-state index in [-0.39, 0.29) is 29.3 Å². The van der Waals surface area contributed by atoms with E-state index >= 15 is 0 Å². The Kier molecular flexibility index (Phi) is 6.47.